The number of benzene rings is 2. The van der Waals surface area contributed by atoms with Crippen LogP contribution in [0.4, 0.5) is 8.78 Å². The number of H-pyrrole nitrogens is 1. The van der Waals surface area contributed by atoms with Crippen LogP contribution in [0.25, 0.3) is 10.9 Å². The fraction of sp³-hybridized carbons (Fsp3) is 0.300. The molecular formula is C20H22F2N2O. The number of hydrogen-bond acceptors (Lipinski definition) is 2. The van der Waals surface area contributed by atoms with Gasteiger partial charge < -0.3 is 15.0 Å². The largest absolute Gasteiger partial charge is 0.493 e. The van der Waals surface area contributed by atoms with Crippen molar-refractivity contribution in [2.75, 3.05) is 19.8 Å². The molecule has 0 amide bonds. The van der Waals surface area contributed by atoms with Crippen molar-refractivity contribution in [2.45, 2.75) is 19.4 Å². The molecule has 2 N–H and O–H groups in total. The van der Waals surface area contributed by atoms with Gasteiger partial charge in [-0.25, -0.2) is 4.39 Å². The van der Waals surface area contributed by atoms with Crippen molar-refractivity contribution in [3.8, 4) is 5.75 Å². The Balaban J connectivity index is 1.49. The zero-order valence-corrected chi connectivity index (χ0v) is 14.0. The van der Waals surface area contributed by atoms with Crippen LogP contribution in [-0.4, -0.2) is 24.8 Å². The van der Waals surface area contributed by atoms with Crippen molar-refractivity contribution < 1.29 is 13.5 Å². The lowest BCUT2D eigenvalue weighted by Gasteiger charge is -2.08. The van der Waals surface area contributed by atoms with Gasteiger partial charge in [-0.1, -0.05) is 12.1 Å². The molecule has 3 rings (SSSR count). The first-order valence-electron chi connectivity index (χ1n) is 8.50. The maximum absolute atomic E-state index is 13.4. The van der Waals surface area contributed by atoms with E-state index in [1.807, 2.05) is 30.5 Å². The summed E-state index contributed by atoms with van der Waals surface area (Å²) in [5, 5.41) is 4.33. The van der Waals surface area contributed by atoms with E-state index in [9.17, 15) is 8.78 Å². The normalized spacial score (nSPS) is 11.1. The summed E-state index contributed by atoms with van der Waals surface area (Å²) >= 11 is 0. The van der Waals surface area contributed by atoms with E-state index in [1.54, 1.807) is 12.1 Å². The van der Waals surface area contributed by atoms with Crippen molar-refractivity contribution >= 4 is 10.9 Å². The maximum atomic E-state index is 13.4. The molecule has 0 aliphatic heterocycles. The van der Waals surface area contributed by atoms with Gasteiger partial charge in [-0.15, -0.1) is 0 Å². The second kappa shape index (κ2) is 8.62. The Morgan fingerprint density at radius 3 is 2.92 bits per heavy atom. The number of aromatic nitrogens is 1. The number of nitrogens with one attached hydrogen (secondary N) is 2. The fourth-order valence-corrected chi connectivity index (χ4v) is 2.80. The Labute approximate surface area is 146 Å². The van der Waals surface area contributed by atoms with E-state index in [2.05, 4.69) is 10.3 Å². The Hall–Kier alpha value is -2.40. The van der Waals surface area contributed by atoms with E-state index in [0.717, 1.165) is 47.3 Å². The van der Waals surface area contributed by atoms with Crippen LogP contribution in [0.1, 0.15) is 17.5 Å². The smallest absolute Gasteiger partial charge is 0.123 e. The van der Waals surface area contributed by atoms with E-state index in [0.29, 0.717) is 13.0 Å². The molecule has 0 aliphatic carbocycles. The molecule has 0 spiro atoms. The summed E-state index contributed by atoms with van der Waals surface area (Å²) in [7, 11) is 0. The molecule has 1 aromatic heterocycles. The number of fused-ring (bicyclic) bond motifs is 1. The minimum Gasteiger partial charge on any atom is -0.493 e. The van der Waals surface area contributed by atoms with Gasteiger partial charge in [-0.2, -0.15) is 0 Å². The number of alkyl halides is 1. The fourth-order valence-electron chi connectivity index (χ4n) is 2.80. The number of aromatic amines is 1. The van der Waals surface area contributed by atoms with E-state index >= 15 is 0 Å². The van der Waals surface area contributed by atoms with Crippen molar-refractivity contribution in [2.24, 2.45) is 0 Å². The van der Waals surface area contributed by atoms with Gasteiger partial charge in [0, 0.05) is 30.1 Å². The Morgan fingerprint density at radius 1 is 1.12 bits per heavy atom. The highest BCUT2D eigenvalue weighted by atomic mass is 19.1. The topological polar surface area (TPSA) is 37.0 Å². The molecule has 0 atom stereocenters. The third-order valence-electron chi connectivity index (χ3n) is 4.07. The van der Waals surface area contributed by atoms with Gasteiger partial charge in [0.25, 0.3) is 0 Å². The van der Waals surface area contributed by atoms with Gasteiger partial charge in [0.2, 0.25) is 0 Å². The summed E-state index contributed by atoms with van der Waals surface area (Å²) < 4.78 is 31.0. The molecular weight excluding hydrogens is 322 g/mol. The predicted octanol–water partition coefficient (Wildman–Crippen LogP) is 4.38. The minimum atomic E-state index is -0.362. The molecule has 0 radical (unpaired) electrons. The number of hydrogen-bond donors (Lipinski definition) is 2. The van der Waals surface area contributed by atoms with Gasteiger partial charge in [0.1, 0.15) is 11.6 Å². The highest BCUT2D eigenvalue weighted by Gasteiger charge is 2.05. The SMILES string of the molecule is FCCCOc1cccc(CNCCc2c[nH]c3ccc(F)cc23)c1. The third-order valence-corrected chi connectivity index (χ3v) is 4.07. The molecule has 0 saturated heterocycles. The van der Waals surface area contributed by atoms with Gasteiger partial charge in [0.05, 0.1) is 13.3 Å². The minimum absolute atomic E-state index is 0.217. The molecule has 132 valence electrons. The van der Waals surface area contributed by atoms with Crippen molar-refractivity contribution in [1.82, 2.24) is 10.3 Å². The van der Waals surface area contributed by atoms with Crippen LogP contribution in [0.3, 0.4) is 0 Å². The zero-order chi connectivity index (χ0) is 17.5. The third kappa shape index (κ3) is 4.79. The van der Waals surface area contributed by atoms with Gasteiger partial charge in [-0.3, -0.25) is 4.39 Å². The lowest BCUT2D eigenvalue weighted by molar-refractivity contribution is 0.289. The molecule has 0 bridgehead atoms. The second-order valence-electron chi connectivity index (χ2n) is 5.97. The van der Waals surface area contributed by atoms with Crippen LogP contribution in [0, 0.1) is 5.82 Å². The lowest BCUT2D eigenvalue weighted by atomic mass is 10.1. The Morgan fingerprint density at radius 2 is 2.04 bits per heavy atom. The standard InChI is InChI=1S/C20H22F2N2O/c21-8-2-10-25-18-4-1-3-15(11-18)13-23-9-7-16-14-24-20-6-5-17(22)12-19(16)20/h1,3-6,11-12,14,23-24H,2,7-10,13H2. The Bertz CT molecular complexity index is 816. The highest BCUT2D eigenvalue weighted by molar-refractivity contribution is 5.83. The summed E-state index contributed by atoms with van der Waals surface area (Å²) in [5.41, 5.74) is 3.17. The first-order chi connectivity index (χ1) is 12.3. The summed E-state index contributed by atoms with van der Waals surface area (Å²) in [6, 6.07) is 12.6. The van der Waals surface area contributed by atoms with E-state index < -0.39 is 0 Å². The summed E-state index contributed by atoms with van der Waals surface area (Å²) in [6.07, 6.45) is 3.16. The summed E-state index contributed by atoms with van der Waals surface area (Å²) in [5.74, 6) is 0.547. The van der Waals surface area contributed by atoms with Gasteiger partial charge >= 0.3 is 0 Å². The van der Waals surface area contributed by atoms with Crippen molar-refractivity contribution in [3.05, 3.63) is 65.6 Å². The van der Waals surface area contributed by atoms with Crippen molar-refractivity contribution in [1.29, 1.82) is 0 Å². The summed E-state index contributed by atoms with van der Waals surface area (Å²) in [6.45, 7) is 1.54. The number of halogens is 2. The van der Waals surface area contributed by atoms with Crippen LogP contribution in [0.15, 0.2) is 48.7 Å². The lowest BCUT2D eigenvalue weighted by Crippen LogP contribution is -2.16. The van der Waals surface area contributed by atoms with Crippen LogP contribution in [0.5, 0.6) is 5.75 Å². The van der Waals surface area contributed by atoms with Crippen molar-refractivity contribution in [3.63, 3.8) is 0 Å². The molecule has 25 heavy (non-hydrogen) atoms. The quantitative estimate of drug-likeness (QED) is 0.565. The van der Waals surface area contributed by atoms with Gasteiger partial charge in [0.15, 0.2) is 0 Å². The molecule has 1 heterocycles. The molecule has 5 heteroatoms. The van der Waals surface area contributed by atoms with E-state index in [1.165, 1.54) is 6.07 Å². The first-order valence-corrected chi connectivity index (χ1v) is 8.50. The number of rotatable bonds is 9. The van der Waals surface area contributed by atoms with Crippen LogP contribution in [0.2, 0.25) is 0 Å². The predicted molar refractivity (Wildman–Crippen MR) is 96.2 cm³/mol. The molecule has 3 nitrogen and oxygen atoms in total. The van der Waals surface area contributed by atoms with E-state index in [4.69, 9.17) is 4.74 Å². The number of ether oxygens (including phenoxy) is 1. The molecule has 0 saturated carbocycles. The molecule has 0 fully saturated rings. The van der Waals surface area contributed by atoms with E-state index in [-0.39, 0.29) is 12.5 Å². The average molecular weight is 344 g/mol. The molecule has 0 unspecified atom stereocenters. The average Bonchev–Trinajstić information content (AvgIpc) is 3.01. The first kappa shape index (κ1) is 17.4. The second-order valence-corrected chi connectivity index (χ2v) is 5.97. The van der Waals surface area contributed by atoms with Crippen LogP contribution >= 0.6 is 0 Å². The molecule has 0 aliphatic rings. The highest BCUT2D eigenvalue weighted by Crippen LogP contribution is 2.19. The van der Waals surface area contributed by atoms with Gasteiger partial charge in [-0.05, 0) is 54.4 Å². The molecule has 3 aromatic rings. The van der Waals surface area contributed by atoms with Crippen LogP contribution < -0.4 is 10.1 Å². The maximum Gasteiger partial charge on any atom is 0.123 e. The van der Waals surface area contributed by atoms with Crippen LogP contribution in [-0.2, 0) is 13.0 Å². The summed E-state index contributed by atoms with van der Waals surface area (Å²) in [4.78, 5) is 3.17. The Kier molecular flexibility index (Phi) is 6.01. The zero-order valence-electron chi connectivity index (χ0n) is 14.0. The molecule has 2 aromatic carbocycles. The monoisotopic (exact) mass is 344 g/mol.